The molecule has 3 rings (SSSR count). The summed E-state index contributed by atoms with van der Waals surface area (Å²) in [7, 11) is 1.31. The van der Waals surface area contributed by atoms with Crippen molar-refractivity contribution in [3.63, 3.8) is 0 Å². The van der Waals surface area contributed by atoms with E-state index in [1.165, 1.54) is 24.5 Å². The van der Waals surface area contributed by atoms with Crippen molar-refractivity contribution in [2.75, 3.05) is 7.11 Å². The third-order valence-corrected chi connectivity index (χ3v) is 4.47. The van der Waals surface area contributed by atoms with E-state index in [4.69, 9.17) is 9.26 Å². The maximum Gasteiger partial charge on any atom is 0.307 e. The van der Waals surface area contributed by atoms with Crippen LogP contribution in [0.3, 0.4) is 0 Å². The molecule has 1 amide bonds. The number of carbonyl (C=O) groups excluding carboxylic acids is 2. The molecule has 0 aliphatic carbocycles. The highest BCUT2D eigenvalue weighted by Gasteiger charge is 2.22. The SMILES string of the molecule is COC(=O)CC(NC(=O)c1cc(-c2cccnc2)on1)c1cccs1. The summed E-state index contributed by atoms with van der Waals surface area (Å²) in [6.45, 7) is 0. The van der Waals surface area contributed by atoms with Gasteiger partial charge in [0, 0.05) is 28.9 Å². The topological polar surface area (TPSA) is 94.3 Å². The molecule has 3 heterocycles. The first-order chi connectivity index (χ1) is 12.2. The second kappa shape index (κ2) is 7.71. The Labute approximate surface area is 147 Å². The number of thiophene rings is 1. The van der Waals surface area contributed by atoms with Crippen molar-refractivity contribution in [2.45, 2.75) is 12.5 Å². The average molecular weight is 357 g/mol. The van der Waals surface area contributed by atoms with E-state index >= 15 is 0 Å². The van der Waals surface area contributed by atoms with Crippen LogP contribution in [0.25, 0.3) is 11.3 Å². The van der Waals surface area contributed by atoms with Gasteiger partial charge < -0.3 is 14.6 Å². The monoisotopic (exact) mass is 357 g/mol. The minimum Gasteiger partial charge on any atom is -0.469 e. The predicted molar refractivity (Wildman–Crippen MR) is 90.9 cm³/mol. The van der Waals surface area contributed by atoms with Crippen molar-refractivity contribution < 1.29 is 18.8 Å². The molecule has 0 aliphatic rings. The Kier molecular flexibility index (Phi) is 5.20. The highest BCUT2D eigenvalue weighted by atomic mass is 32.1. The van der Waals surface area contributed by atoms with Crippen LogP contribution in [0.2, 0.25) is 0 Å². The van der Waals surface area contributed by atoms with Crippen LogP contribution in [0.1, 0.15) is 27.8 Å². The van der Waals surface area contributed by atoms with Crippen LogP contribution in [0, 0.1) is 0 Å². The molecule has 0 radical (unpaired) electrons. The lowest BCUT2D eigenvalue weighted by molar-refractivity contribution is -0.141. The molecule has 0 spiro atoms. The Morgan fingerprint density at radius 1 is 1.36 bits per heavy atom. The van der Waals surface area contributed by atoms with Gasteiger partial charge in [-0.2, -0.15) is 0 Å². The van der Waals surface area contributed by atoms with Gasteiger partial charge in [0.15, 0.2) is 11.5 Å². The molecule has 0 aliphatic heterocycles. The predicted octanol–water partition coefficient (Wildman–Crippen LogP) is 2.83. The maximum absolute atomic E-state index is 12.5. The summed E-state index contributed by atoms with van der Waals surface area (Å²) in [5.41, 5.74) is 0.851. The number of hydrogen-bond acceptors (Lipinski definition) is 7. The summed E-state index contributed by atoms with van der Waals surface area (Å²) >= 11 is 1.45. The second-order valence-corrected chi connectivity index (χ2v) is 6.12. The van der Waals surface area contributed by atoms with Gasteiger partial charge in [-0.1, -0.05) is 11.2 Å². The molecule has 0 saturated carbocycles. The van der Waals surface area contributed by atoms with Crippen LogP contribution in [0.5, 0.6) is 0 Å². The Morgan fingerprint density at radius 2 is 2.24 bits per heavy atom. The van der Waals surface area contributed by atoms with E-state index in [9.17, 15) is 9.59 Å². The fourth-order valence-corrected chi connectivity index (χ4v) is 3.00. The van der Waals surface area contributed by atoms with Crippen LogP contribution in [-0.2, 0) is 9.53 Å². The van der Waals surface area contributed by atoms with Gasteiger partial charge in [0.25, 0.3) is 5.91 Å². The largest absolute Gasteiger partial charge is 0.469 e. The van der Waals surface area contributed by atoms with Crippen molar-refractivity contribution >= 4 is 23.2 Å². The van der Waals surface area contributed by atoms with Gasteiger partial charge in [-0.15, -0.1) is 11.3 Å². The van der Waals surface area contributed by atoms with Crippen LogP contribution < -0.4 is 5.32 Å². The number of hydrogen-bond donors (Lipinski definition) is 1. The van der Waals surface area contributed by atoms with Gasteiger partial charge >= 0.3 is 5.97 Å². The number of rotatable bonds is 6. The maximum atomic E-state index is 12.5. The summed E-state index contributed by atoms with van der Waals surface area (Å²) in [4.78, 5) is 28.9. The number of ether oxygens (including phenoxy) is 1. The van der Waals surface area contributed by atoms with E-state index in [1.807, 2.05) is 17.5 Å². The zero-order valence-corrected chi connectivity index (χ0v) is 14.2. The lowest BCUT2D eigenvalue weighted by Crippen LogP contribution is -2.30. The number of carbonyl (C=O) groups is 2. The van der Waals surface area contributed by atoms with Gasteiger partial charge in [0.05, 0.1) is 19.6 Å². The van der Waals surface area contributed by atoms with Gasteiger partial charge in [-0.25, -0.2) is 0 Å². The van der Waals surface area contributed by atoms with E-state index in [0.717, 1.165) is 10.4 Å². The molecule has 0 aromatic carbocycles. The molecule has 7 nitrogen and oxygen atoms in total. The first-order valence-electron chi connectivity index (χ1n) is 7.45. The quantitative estimate of drug-likeness (QED) is 0.682. The average Bonchev–Trinajstić information content (AvgIpc) is 3.33. The molecule has 3 aromatic rings. The van der Waals surface area contributed by atoms with E-state index in [1.54, 1.807) is 24.5 Å². The molecule has 0 saturated heterocycles. The molecule has 128 valence electrons. The van der Waals surface area contributed by atoms with E-state index < -0.39 is 17.9 Å². The molecule has 1 N–H and O–H groups in total. The summed E-state index contributed by atoms with van der Waals surface area (Å²) in [6, 6.07) is 8.33. The summed E-state index contributed by atoms with van der Waals surface area (Å²) in [5, 5.41) is 8.47. The lowest BCUT2D eigenvalue weighted by atomic mass is 10.1. The number of amides is 1. The molecule has 0 bridgehead atoms. The fourth-order valence-electron chi connectivity index (χ4n) is 2.22. The number of nitrogens with one attached hydrogen (secondary N) is 1. The lowest BCUT2D eigenvalue weighted by Gasteiger charge is -2.15. The Bertz CT molecular complexity index is 846. The summed E-state index contributed by atoms with van der Waals surface area (Å²) in [5.74, 6) is -0.394. The van der Waals surface area contributed by atoms with Crippen molar-refractivity contribution in [2.24, 2.45) is 0 Å². The zero-order chi connectivity index (χ0) is 17.6. The standard InChI is InChI=1S/C17H15N3O4S/c1-23-16(21)9-12(15-5-3-7-25-15)19-17(22)13-8-14(24-20-13)11-4-2-6-18-10-11/h2-8,10,12H,9H2,1H3,(H,19,22). The normalized spacial score (nSPS) is 11.7. The Hall–Kier alpha value is -3.00. The van der Waals surface area contributed by atoms with Gasteiger partial charge in [0.2, 0.25) is 0 Å². The van der Waals surface area contributed by atoms with Gasteiger partial charge in [0.1, 0.15) is 0 Å². The third kappa shape index (κ3) is 4.10. The molecule has 25 heavy (non-hydrogen) atoms. The van der Waals surface area contributed by atoms with E-state index in [-0.39, 0.29) is 12.1 Å². The zero-order valence-electron chi connectivity index (χ0n) is 13.3. The molecule has 0 fully saturated rings. The molecule has 8 heteroatoms. The molecule has 1 unspecified atom stereocenters. The number of aromatic nitrogens is 2. The van der Waals surface area contributed by atoms with Crippen LogP contribution in [-0.4, -0.2) is 29.1 Å². The Balaban J connectivity index is 1.75. The van der Waals surface area contributed by atoms with Crippen molar-refractivity contribution in [3.8, 4) is 11.3 Å². The van der Waals surface area contributed by atoms with Gasteiger partial charge in [-0.3, -0.25) is 14.6 Å². The number of pyridine rings is 1. The van der Waals surface area contributed by atoms with Crippen molar-refractivity contribution in [3.05, 3.63) is 58.7 Å². The summed E-state index contributed by atoms with van der Waals surface area (Å²) < 4.78 is 9.91. The van der Waals surface area contributed by atoms with Crippen LogP contribution in [0.4, 0.5) is 0 Å². The highest BCUT2D eigenvalue weighted by Crippen LogP contribution is 2.24. The minimum atomic E-state index is -0.488. The molecule has 3 aromatic heterocycles. The first kappa shape index (κ1) is 16.8. The Morgan fingerprint density at radius 3 is 2.92 bits per heavy atom. The minimum absolute atomic E-state index is 0.0378. The molecular weight excluding hydrogens is 342 g/mol. The van der Waals surface area contributed by atoms with Crippen molar-refractivity contribution in [1.82, 2.24) is 15.5 Å². The van der Waals surface area contributed by atoms with Crippen LogP contribution in [0.15, 0.2) is 52.6 Å². The molecular formula is C17H15N3O4S. The first-order valence-corrected chi connectivity index (χ1v) is 8.33. The highest BCUT2D eigenvalue weighted by molar-refractivity contribution is 7.10. The number of methoxy groups -OCH3 is 1. The summed E-state index contributed by atoms with van der Waals surface area (Å²) in [6.07, 6.45) is 3.30. The number of esters is 1. The van der Waals surface area contributed by atoms with E-state index in [0.29, 0.717) is 5.76 Å². The number of nitrogens with zero attached hydrogens (tertiary/aromatic N) is 2. The van der Waals surface area contributed by atoms with Gasteiger partial charge in [-0.05, 0) is 23.6 Å². The fraction of sp³-hybridized carbons (Fsp3) is 0.176. The molecule has 1 atom stereocenters. The third-order valence-electron chi connectivity index (χ3n) is 3.48. The van der Waals surface area contributed by atoms with Crippen molar-refractivity contribution in [1.29, 1.82) is 0 Å². The smallest absolute Gasteiger partial charge is 0.307 e. The second-order valence-electron chi connectivity index (χ2n) is 5.14. The van der Waals surface area contributed by atoms with E-state index in [2.05, 4.69) is 15.5 Å². The van der Waals surface area contributed by atoms with Crippen LogP contribution >= 0.6 is 11.3 Å².